The van der Waals surface area contributed by atoms with Gasteiger partial charge < -0.3 is 25.4 Å². The molecule has 1 fully saturated rings. The van der Waals surface area contributed by atoms with Crippen molar-refractivity contribution in [2.75, 3.05) is 26.8 Å². The second-order valence-electron chi connectivity index (χ2n) is 8.32. The topological polar surface area (TPSA) is 106 Å². The third kappa shape index (κ3) is 5.96. The predicted octanol–water partition coefficient (Wildman–Crippen LogP) is 2.26. The maximum Gasteiger partial charge on any atom is 0.328 e. The van der Waals surface area contributed by atoms with Gasteiger partial charge in [0, 0.05) is 6.42 Å². The first kappa shape index (κ1) is 27.0. The summed E-state index contributed by atoms with van der Waals surface area (Å²) in [7, 11) is 0.937. The molecule has 0 radical (unpaired) electrons. The normalized spacial score (nSPS) is 15.5. The number of halogens is 3. The van der Waals surface area contributed by atoms with E-state index in [-0.39, 0.29) is 25.9 Å². The summed E-state index contributed by atoms with van der Waals surface area (Å²) in [4.78, 5) is 39.1. The molecule has 3 N–H and O–H groups in total. The van der Waals surface area contributed by atoms with Gasteiger partial charge in [-0.3, -0.25) is 9.59 Å². The van der Waals surface area contributed by atoms with Crippen molar-refractivity contribution in [2.45, 2.75) is 37.8 Å². The average Bonchev–Trinajstić information content (AvgIpc) is 2.87. The number of carbonyl (C=O) groups is 3. The van der Waals surface area contributed by atoms with Crippen molar-refractivity contribution >= 4 is 17.8 Å². The number of ether oxygens (including phenoxy) is 2. The minimum Gasteiger partial charge on any atom is -0.491 e. The summed E-state index contributed by atoms with van der Waals surface area (Å²) in [5.74, 6) is -7.95. The van der Waals surface area contributed by atoms with Crippen LogP contribution in [0.3, 0.4) is 0 Å². The third-order valence-electron chi connectivity index (χ3n) is 5.97. The van der Waals surface area contributed by atoms with Crippen molar-refractivity contribution in [3.8, 4) is 5.75 Å². The highest BCUT2D eigenvalue weighted by Gasteiger charge is 2.43. The van der Waals surface area contributed by atoms with E-state index in [0.29, 0.717) is 19.2 Å². The lowest BCUT2D eigenvalue weighted by molar-refractivity contribution is -0.148. The number of amides is 2. The van der Waals surface area contributed by atoms with E-state index in [1.807, 2.05) is 6.07 Å². The maximum absolute atomic E-state index is 14.7. The van der Waals surface area contributed by atoms with Crippen LogP contribution in [-0.4, -0.2) is 56.2 Å². The number of rotatable bonds is 9. The molecule has 1 unspecified atom stereocenters. The van der Waals surface area contributed by atoms with Crippen molar-refractivity contribution < 1.29 is 37.0 Å². The van der Waals surface area contributed by atoms with E-state index in [2.05, 4.69) is 20.7 Å². The van der Waals surface area contributed by atoms with Gasteiger partial charge in [-0.2, -0.15) is 4.39 Å². The second-order valence-corrected chi connectivity index (χ2v) is 8.32. The van der Waals surface area contributed by atoms with Crippen LogP contribution in [0.5, 0.6) is 5.75 Å². The summed E-state index contributed by atoms with van der Waals surface area (Å²) in [5, 5.41) is 8.23. The van der Waals surface area contributed by atoms with Gasteiger partial charge in [-0.25, -0.2) is 13.6 Å². The number of esters is 1. The summed E-state index contributed by atoms with van der Waals surface area (Å²) in [6, 6.07) is 8.33. The minimum atomic E-state index is -1.57. The van der Waals surface area contributed by atoms with Crippen LogP contribution in [0.15, 0.2) is 36.4 Å². The van der Waals surface area contributed by atoms with Gasteiger partial charge in [0.25, 0.3) is 5.91 Å². The van der Waals surface area contributed by atoms with Gasteiger partial charge in [0.2, 0.25) is 11.7 Å². The smallest absolute Gasteiger partial charge is 0.328 e. The number of nitrogens with one attached hydrogen (secondary N) is 3. The number of carbonyl (C=O) groups excluding carboxylic acids is 3. The molecule has 1 heterocycles. The SMILES string of the molecule is CCOC(=O)C(Cc1ccccc1)NC(=O)C1(NC(=O)c2cc(F)c(F)c(OC)c2F)CCNCC1. The van der Waals surface area contributed by atoms with Crippen LogP contribution in [0.2, 0.25) is 0 Å². The largest absolute Gasteiger partial charge is 0.491 e. The van der Waals surface area contributed by atoms with E-state index in [1.54, 1.807) is 31.2 Å². The average molecular weight is 508 g/mol. The van der Waals surface area contributed by atoms with Gasteiger partial charge in [-0.15, -0.1) is 0 Å². The van der Waals surface area contributed by atoms with Gasteiger partial charge in [0.15, 0.2) is 17.4 Å². The van der Waals surface area contributed by atoms with Crippen molar-refractivity contribution in [1.82, 2.24) is 16.0 Å². The Hall–Kier alpha value is -3.60. The summed E-state index contributed by atoms with van der Waals surface area (Å²) < 4.78 is 52.2. The van der Waals surface area contributed by atoms with Crippen LogP contribution in [0.4, 0.5) is 13.2 Å². The van der Waals surface area contributed by atoms with E-state index in [4.69, 9.17) is 4.74 Å². The molecule has 1 atom stereocenters. The maximum atomic E-state index is 14.7. The Morgan fingerprint density at radius 2 is 1.75 bits per heavy atom. The number of benzene rings is 2. The molecule has 1 saturated heterocycles. The standard InChI is InChI=1S/C25H28F3N3O5/c1-3-36-23(33)18(13-15-7-5-4-6-8-15)30-24(34)25(9-11-29-12-10-25)31-22(32)16-14-17(26)20(28)21(35-2)19(16)27/h4-8,14,18,29H,3,9-13H2,1-2H3,(H,30,34)(H,31,32). The first-order chi connectivity index (χ1) is 17.2. The van der Waals surface area contributed by atoms with Crippen LogP contribution in [0, 0.1) is 17.5 Å². The first-order valence-corrected chi connectivity index (χ1v) is 11.5. The quantitative estimate of drug-likeness (QED) is 0.355. The van der Waals surface area contributed by atoms with Crippen molar-refractivity contribution in [1.29, 1.82) is 0 Å². The summed E-state index contributed by atoms with van der Waals surface area (Å²) in [6.07, 6.45) is 0.352. The summed E-state index contributed by atoms with van der Waals surface area (Å²) >= 11 is 0. The highest BCUT2D eigenvalue weighted by molar-refractivity contribution is 6.00. The fraction of sp³-hybridized carbons (Fsp3) is 0.400. The molecule has 0 aromatic heterocycles. The van der Waals surface area contributed by atoms with E-state index < -0.39 is 58.1 Å². The molecule has 36 heavy (non-hydrogen) atoms. The molecule has 1 aliphatic rings. The fourth-order valence-corrected chi connectivity index (χ4v) is 4.05. The lowest BCUT2D eigenvalue weighted by Crippen LogP contribution is -2.64. The number of piperidine rings is 1. The molecule has 11 heteroatoms. The molecule has 8 nitrogen and oxygen atoms in total. The lowest BCUT2D eigenvalue weighted by Gasteiger charge is -2.38. The van der Waals surface area contributed by atoms with Crippen LogP contribution in [0.25, 0.3) is 0 Å². The fourth-order valence-electron chi connectivity index (χ4n) is 4.05. The Morgan fingerprint density at radius 1 is 1.08 bits per heavy atom. The van der Waals surface area contributed by atoms with E-state index in [1.165, 1.54) is 0 Å². The number of methoxy groups -OCH3 is 1. The monoisotopic (exact) mass is 507 g/mol. The Bertz CT molecular complexity index is 1110. The molecule has 2 amide bonds. The van der Waals surface area contributed by atoms with Gasteiger partial charge >= 0.3 is 5.97 Å². The molecule has 2 aromatic rings. The third-order valence-corrected chi connectivity index (χ3v) is 5.97. The van der Waals surface area contributed by atoms with Crippen molar-refractivity contribution in [3.05, 3.63) is 65.0 Å². The molecule has 0 saturated carbocycles. The van der Waals surface area contributed by atoms with Gasteiger partial charge in [0.1, 0.15) is 11.6 Å². The highest BCUT2D eigenvalue weighted by atomic mass is 19.2. The van der Waals surface area contributed by atoms with Gasteiger partial charge in [-0.1, -0.05) is 30.3 Å². The Kier molecular flexibility index (Phi) is 8.92. The Labute approximate surface area is 206 Å². The summed E-state index contributed by atoms with van der Waals surface area (Å²) in [6.45, 7) is 2.40. The first-order valence-electron chi connectivity index (χ1n) is 11.5. The minimum absolute atomic E-state index is 0.100. The second kappa shape index (κ2) is 11.9. The lowest BCUT2D eigenvalue weighted by atomic mass is 9.86. The van der Waals surface area contributed by atoms with Crippen LogP contribution >= 0.6 is 0 Å². The Balaban J connectivity index is 1.89. The molecule has 1 aliphatic heterocycles. The van der Waals surface area contributed by atoms with Crippen LogP contribution in [0.1, 0.15) is 35.7 Å². The Morgan fingerprint density at radius 3 is 2.36 bits per heavy atom. The van der Waals surface area contributed by atoms with Gasteiger partial charge in [-0.05, 0) is 44.5 Å². The number of hydrogen-bond acceptors (Lipinski definition) is 6. The van der Waals surface area contributed by atoms with E-state index >= 15 is 0 Å². The van der Waals surface area contributed by atoms with Crippen LogP contribution in [-0.2, 0) is 20.7 Å². The zero-order valence-electron chi connectivity index (χ0n) is 20.0. The van der Waals surface area contributed by atoms with Crippen LogP contribution < -0.4 is 20.7 Å². The molecule has 194 valence electrons. The van der Waals surface area contributed by atoms with Gasteiger partial charge in [0.05, 0.1) is 19.3 Å². The highest BCUT2D eigenvalue weighted by Crippen LogP contribution is 2.28. The van der Waals surface area contributed by atoms with E-state index in [0.717, 1.165) is 12.7 Å². The zero-order chi connectivity index (χ0) is 26.3. The predicted molar refractivity (Wildman–Crippen MR) is 124 cm³/mol. The van der Waals surface area contributed by atoms with E-state index in [9.17, 15) is 27.6 Å². The molecule has 3 rings (SSSR count). The van der Waals surface area contributed by atoms with Crippen molar-refractivity contribution in [3.63, 3.8) is 0 Å². The molecular formula is C25H28F3N3O5. The molecule has 0 aliphatic carbocycles. The molecule has 0 spiro atoms. The molecule has 2 aromatic carbocycles. The summed E-state index contributed by atoms with van der Waals surface area (Å²) in [5.41, 5.74) is -1.59. The van der Waals surface area contributed by atoms with Crippen molar-refractivity contribution in [2.24, 2.45) is 0 Å². The zero-order valence-corrected chi connectivity index (χ0v) is 20.0. The molecular weight excluding hydrogens is 479 g/mol. The molecule has 0 bridgehead atoms. The number of hydrogen-bond donors (Lipinski definition) is 3.